The number of aromatic nitrogens is 2. The molecule has 0 spiro atoms. The molecule has 0 aliphatic heterocycles. The van der Waals surface area contributed by atoms with Crippen LogP contribution in [0.4, 0.5) is 0 Å². The Morgan fingerprint density at radius 2 is 1.94 bits per heavy atom. The summed E-state index contributed by atoms with van der Waals surface area (Å²) in [6, 6.07) is 0. The zero-order chi connectivity index (χ0) is 12.3. The zero-order valence-corrected chi connectivity index (χ0v) is 10.8. The highest BCUT2D eigenvalue weighted by atomic mass is 16.5. The Labute approximate surface area is 97.1 Å². The Balaban J connectivity index is 2.58. The molecule has 0 bridgehead atoms. The van der Waals surface area contributed by atoms with Gasteiger partial charge in [0.15, 0.2) is 5.82 Å². The Bertz CT molecular complexity index is 326. The fourth-order valence-electron chi connectivity index (χ4n) is 1.33. The molecule has 0 saturated carbocycles. The number of rotatable bonds is 4. The van der Waals surface area contributed by atoms with Gasteiger partial charge < -0.3 is 9.63 Å². The summed E-state index contributed by atoms with van der Waals surface area (Å²) in [5.74, 6) is 1.46. The predicted octanol–water partition coefficient (Wildman–Crippen LogP) is 2.22. The van der Waals surface area contributed by atoms with Crippen molar-refractivity contribution in [2.45, 2.75) is 53.6 Å². The van der Waals surface area contributed by atoms with E-state index in [-0.39, 0.29) is 11.3 Å². The lowest BCUT2D eigenvalue weighted by molar-refractivity contribution is 0.116. The van der Waals surface area contributed by atoms with Crippen LogP contribution >= 0.6 is 0 Å². The molecule has 4 nitrogen and oxygen atoms in total. The molecule has 1 aromatic heterocycles. The van der Waals surface area contributed by atoms with Crippen LogP contribution in [-0.4, -0.2) is 21.4 Å². The lowest BCUT2D eigenvalue weighted by Crippen LogP contribution is -2.17. The van der Waals surface area contributed by atoms with Crippen molar-refractivity contribution in [3.63, 3.8) is 0 Å². The minimum Gasteiger partial charge on any atom is -0.392 e. The van der Waals surface area contributed by atoms with Gasteiger partial charge in [-0.15, -0.1) is 0 Å². The van der Waals surface area contributed by atoms with Gasteiger partial charge >= 0.3 is 0 Å². The van der Waals surface area contributed by atoms with Gasteiger partial charge in [-0.3, -0.25) is 0 Å². The number of hydrogen-bond donors (Lipinski definition) is 1. The molecule has 0 aliphatic carbocycles. The van der Waals surface area contributed by atoms with E-state index in [0.29, 0.717) is 12.3 Å². The van der Waals surface area contributed by atoms with Crippen molar-refractivity contribution in [1.82, 2.24) is 10.1 Å². The molecule has 0 fully saturated rings. The second kappa shape index (κ2) is 4.95. The molecule has 92 valence electrons. The van der Waals surface area contributed by atoms with E-state index in [1.54, 1.807) is 0 Å². The van der Waals surface area contributed by atoms with E-state index in [0.717, 1.165) is 12.2 Å². The highest BCUT2D eigenvalue weighted by Gasteiger charge is 2.18. The van der Waals surface area contributed by atoms with Crippen molar-refractivity contribution in [3.8, 4) is 0 Å². The van der Waals surface area contributed by atoms with Crippen LogP contribution in [-0.2, 0) is 12.8 Å². The SMILES string of the molecule is CC(C)C(O)Cc1nc(CC(C)(C)C)no1. The molecule has 0 aromatic carbocycles. The highest BCUT2D eigenvalue weighted by Crippen LogP contribution is 2.19. The lowest BCUT2D eigenvalue weighted by atomic mass is 9.92. The predicted molar refractivity (Wildman–Crippen MR) is 62.0 cm³/mol. The summed E-state index contributed by atoms with van der Waals surface area (Å²) in [6.07, 6.45) is 0.811. The van der Waals surface area contributed by atoms with E-state index in [4.69, 9.17) is 4.52 Å². The van der Waals surface area contributed by atoms with Crippen LogP contribution in [0.1, 0.15) is 46.3 Å². The van der Waals surface area contributed by atoms with Crippen LogP contribution in [0.2, 0.25) is 0 Å². The minimum atomic E-state index is -0.414. The molecule has 0 aliphatic rings. The normalized spacial score (nSPS) is 14.4. The standard InChI is InChI=1S/C12H22N2O2/c1-8(2)9(15)6-11-13-10(14-16-11)7-12(3,4)5/h8-9,15H,6-7H2,1-5H3. The average molecular weight is 226 g/mol. The van der Waals surface area contributed by atoms with Gasteiger partial charge in [-0.1, -0.05) is 39.8 Å². The Kier molecular flexibility index (Phi) is 4.08. The van der Waals surface area contributed by atoms with Crippen molar-refractivity contribution in [2.24, 2.45) is 11.3 Å². The Morgan fingerprint density at radius 1 is 1.31 bits per heavy atom. The summed E-state index contributed by atoms with van der Waals surface area (Å²) < 4.78 is 5.11. The Morgan fingerprint density at radius 3 is 2.44 bits per heavy atom. The van der Waals surface area contributed by atoms with Crippen molar-refractivity contribution in [1.29, 1.82) is 0 Å². The molecular weight excluding hydrogens is 204 g/mol. The summed E-state index contributed by atoms with van der Waals surface area (Å²) in [5.41, 5.74) is 0.151. The third-order valence-electron chi connectivity index (χ3n) is 2.35. The van der Waals surface area contributed by atoms with Crippen molar-refractivity contribution in [3.05, 3.63) is 11.7 Å². The molecule has 1 N–H and O–H groups in total. The summed E-state index contributed by atoms with van der Waals surface area (Å²) in [4.78, 5) is 4.28. The van der Waals surface area contributed by atoms with Gasteiger partial charge in [-0.05, 0) is 11.3 Å². The second-order valence-corrected chi connectivity index (χ2v) is 5.86. The molecule has 16 heavy (non-hydrogen) atoms. The second-order valence-electron chi connectivity index (χ2n) is 5.86. The fraction of sp³-hybridized carbons (Fsp3) is 0.833. The first-order valence-electron chi connectivity index (χ1n) is 5.77. The van der Waals surface area contributed by atoms with E-state index in [9.17, 15) is 5.11 Å². The minimum absolute atomic E-state index is 0.151. The fourth-order valence-corrected chi connectivity index (χ4v) is 1.33. The number of aliphatic hydroxyl groups excluding tert-OH is 1. The molecule has 1 atom stereocenters. The highest BCUT2D eigenvalue weighted by molar-refractivity contribution is 4.91. The third kappa shape index (κ3) is 4.31. The largest absolute Gasteiger partial charge is 0.392 e. The number of hydrogen-bond acceptors (Lipinski definition) is 4. The molecule has 0 saturated heterocycles. The summed E-state index contributed by atoms with van der Waals surface area (Å²) in [6.45, 7) is 10.3. The van der Waals surface area contributed by atoms with Gasteiger partial charge in [-0.2, -0.15) is 4.98 Å². The van der Waals surface area contributed by atoms with Gasteiger partial charge in [0, 0.05) is 6.42 Å². The van der Waals surface area contributed by atoms with Crippen LogP contribution in [0, 0.1) is 11.3 Å². The third-order valence-corrected chi connectivity index (χ3v) is 2.35. The summed E-state index contributed by atoms with van der Waals surface area (Å²) >= 11 is 0. The first kappa shape index (κ1) is 13.2. The smallest absolute Gasteiger partial charge is 0.229 e. The van der Waals surface area contributed by atoms with Gasteiger partial charge in [0.05, 0.1) is 12.5 Å². The monoisotopic (exact) mass is 226 g/mol. The van der Waals surface area contributed by atoms with Gasteiger partial charge in [-0.25, -0.2) is 0 Å². The molecule has 1 heterocycles. The zero-order valence-electron chi connectivity index (χ0n) is 10.8. The van der Waals surface area contributed by atoms with Crippen LogP contribution in [0.5, 0.6) is 0 Å². The topological polar surface area (TPSA) is 59.2 Å². The van der Waals surface area contributed by atoms with E-state index in [2.05, 4.69) is 30.9 Å². The lowest BCUT2D eigenvalue weighted by Gasteiger charge is -2.14. The maximum Gasteiger partial charge on any atom is 0.229 e. The maximum atomic E-state index is 9.69. The van der Waals surface area contributed by atoms with Crippen LogP contribution in [0.25, 0.3) is 0 Å². The molecule has 1 unspecified atom stereocenters. The van der Waals surface area contributed by atoms with E-state index < -0.39 is 6.10 Å². The molecular formula is C12H22N2O2. The molecule has 1 rings (SSSR count). The molecule has 4 heteroatoms. The molecule has 1 aromatic rings. The van der Waals surface area contributed by atoms with Gasteiger partial charge in [0.25, 0.3) is 0 Å². The number of aliphatic hydroxyl groups is 1. The van der Waals surface area contributed by atoms with Crippen molar-refractivity contribution < 1.29 is 9.63 Å². The van der Waals surface area contributed by atoms with Gasteiger partial charge in [0.1, 0.15) is 0 Å². The van der Waals surface area contributed by atoms with Crippen LogP contribution < -0.4 is 0 Å². The van der Waals surface area contributed by atoms with E-state index in [1.165, 1.54) is 0 Å². The number of nitrogens with zero attached hydrogens (tertiary/aromatic N) is 2. The molecule has 0 amide bonds. The van der Waals surface area contributed by atoms with Crippen LogP contribution in [0.3, 0.4) is 0 Å². The van der Waals surface area contributed by atoms with E-state index in [1.807, 2.05) is 13.8 Å². The van der Waals surface area contributed by atoms with Gasteiger partial charge in [0.2, 0.25) is 5.89 Å². The maximum absolute atomic E-state index is 9.69. The summed E-state index contributed by atoms with van der Waals surface area (Å²) in [5, 5.41) is 13.6. The summed E-state index contributed by atoms with van der Waals surface area (Å²) in [7, 11) is 0. The first-order chi connectivity index (χ1) is 7.28. The quantitative estimate of drug-likeness (QED) is 0.855. The van der Waals surface area contributed by atoms with E-state index >= 15 is 0 Å². The average Bonchev–Trinajstić information content (AvgIpc) is 2.49. The molecule has 0 radical (unpaired) electrons. The van der Waals surface area contributed by atoms with Crippen LogP contribution in [0.15, 0.2) is 4.52 Å². The first-order valence-corrected chi connectivity index (χ1v) is 5.77. The van der Waals surface area contributed by atoms with Crippen molar-refractivity contribution >= 4 is 0 Å². The Hall–Kier alpha value is -0.900. The van der Waals surface area contributed by atoms with Crippen molar-refractivity contribution in [2.75, 3.05) is 0 Å².